The lowest BCUT2D eigenvalue weighted by atomic mass is 10.0. The Bertz CT molecular complexity index is 703. The highest BCUT2D eigenvalue weighted by Crippen LogP contribution is 2.20. The Labute approximate surface area is 158 Å². The highest BCUT2D eigenvalue weighted by Gasteiger charge is 2.19. The Morgan fingerprint density at radius 3 is 2.38 bits per heavy atom. The van der Waals surface area contributed by atoms with Gasteiger partial charge in [0, 0.05) is 31.7 Å². The van der Waals surface area contributed by atoms with Crippen LogP contribution in [0.25, 0.3) is 0 Å². The van der Waals surface area contributed by atoms with Crippen molar-refractivity contribution in [3.8, 4) is 11.8 Å². The lowest BCUT2D eigenvalue weighted by Gasteiger charge is -2.32. The molecule has 0 saturated carbocycles. The molecule has 0 bridgehead atoms. The van der Waals surface area contributed by atoms with E-state index < -0.39 is 0 Å². The zero-order valence-corrected chi connectivity index (χ0v) is 15.9. The third-order valence-electron chi connectivity index (χ3n) is 5.01. The number of hydrogen-bond donors (Lipinski definition) is 1. The molecule has 2 nitrogen and oxygen atoms in total. The summed E-state index contributed by atoms with van der Waals surface area (Å²) in [6.07, 6.45) is 5.04. The van der Waals surface area contributed by atoms with Gasteiger partial charge in [0.15, 0.2) is 0 Å². The fraction of sp³-hybridized carbons (Fsp3) is 0.417. The highest BCUT2D eigenvalue weighted by molar-refractivity contribution is 5.39. The van der Waals surface area contributed by atoms with Crippen LogP contribution in [0.4, 0.5) is 0 Å². The van der Waals surface area contributed by atoms with Gasteiger partial charge in [0.05, 0.1) is 6.04 Å². The Hall–Kier alpha value is -2.08. The van der Waals surface area contributed by atoms with Crippen LogP contribution in [-0.4, -0.2) is 31.1 Å². The van der Waals surface area contributed by atoms with Crippen molar-refractivity contribution in [1.82, 2.24) is 10.2 Å². The molecule has 1 heterocycles. The molecular weight excluding hydrogens is 316 g/mol. The first kappa shape index (κ1) is 18.7. The molecule has 1 aliphatic rings. The molecule has 2 aromatic carbocycles. The van der Waals surface area contributed by atoms with Crippen molar-refractivity contribution < 1.29 is 0 Å². The van der Waals surface area contributed by atoms with Gasteiger partial charge in [-0.25, -0.2) is 0 Å². The Morgan fingerprint density at radius 2 is 1.69 bits per heavy atom. The lowest BCUT2D eigenvalue weighted by Crippen LogP contribution is -2.44. The fourth-order valence-corrected chi connectivity index (χ4v) is 3.45. The molecule has 1 fully saturated rings. The van der Waals surface area contributed by atoms with Crippen molar-refractivity contribution in [2.75, 3.05) is 26.2 Å². The second-order valence-electron chi connectivity index (χ2n) is 7.02. The minimum atomic E-state index is 0.169. The van der Waals surface area contributed by atoms with Crippen molar-refractivity contribution in [1.29, 1.82) is 0 Å². The van der Waals surface area contributed by atoms with Gasteiger partial charge in [-0.15, -0.1) is 0 Å². The van der Waals surface area contributed by atoms with Crippen LogP contribution in [-0.2, 0) is 6.42 Å². The summed E-state index contributed by atoms with van der Waals surface area (Å²) < 4.78 is 0. The molecule has 0 amide bonds. The average Bonchev–Trinajstić information content (AvgIpc) is 2.71. The summed E-state index contributed by atoms with van der Waals surface area (Å²) in [6.45, 7) is 6.42. The van der Waals surface area contributed by atoms with Crippen LogP contribution in [0.3, 0.4) is 0 Å². The van der Waals surface area contributed by atoms with Crippen molar-refractivity contribution in [3.05, 3.63) is 71.3 Å². The van der Waals surface area contributed by atoms with Gasteiger partial charge in [-0.1, -0.05) is 74.1 Å². The van der Waals surface area contributed by atoms with Crippen LogP contribution < -0.4 is 5.32 Å². The van der Waals surface area contributed by atoms with E-state index in [9.17, 15) is 0 Å². The number of nitrogens with zero attached hydrogens (tertiary/aromatic N) is 1. The topological polar surface area (TPSA) is 15.3 Å². The standard InChI is InChI=1S/C24H30N2/c1-2-3-5-8-21-11-13-22(14-12-21)15-16-24(23-9-6-4-7-10-23)26-19-17-25-18-20-26/h4,6-7,9-14,24-25H,2-3,5,8,17-20H2,1H3. The predicted molar refractivity (Wildman–Crippen MR) is 110 cm³/mol. The molecule has 0 radical (unpaired) electrons. The van der Waals surface area contributed by atoms with E-state index >= 15 is 0 Å². The molecule has 0 spiro atoms. The van der Waals surface area contributed by atoms with Gasteiger partial charge in [0.25, 0.3) is 0 Å². The first-order chi connectivity index (χ1) is 12.9. The molecule has 0 aromatic heterocycles. The Balaban J connectivity index is 1.73. The van der Waals surface area contributed by atoms with E-state index in [0.29, 0.717) is 0 Å². The number of nitrogens with one attached hydrogen (secondary N) is 1. The molecule has 1 saturated heterocycles. The maximum atomic E-state index is 3.54. The molecule has 1 aliphatic heterocycles. The molecule has 2 aromatic rings. The van der Waals surface area contributed by atoms with Crippen molar-refractivity contribution in [2.24, 2.45) is 0 Å². The quantitative estimate of drug-likeness (QED) is 0.615. The minimum Gasteiger partial charge on any atom is -0.314 e. The van der Waals surface area contributed by atoms with E-state index in [1.807, 2.05) is 0 Å². The van der Waals surface area contributed by atoms with Crippen LogP contribution in [0.1, 0.15) is 48.9 Å². The third-order valence-corrected chi connectivity index (χ3v) is 5.01. The fourth-order valence-electron chi connectivity index (χ4n) is 3.45. The number of rotatable bonds is 6. The van der Waals surface area contributed by atoms with Crippen molar-refractivity contribution in [2.45, 2.75) is 38.6 Å². The van der Waals surface area contributed by atoms with E-state index in [4.69, 9.17) is 0 Å². The van der Waals surface area contributed by atoms with E-state index in [0.717, 1.165) is 31.7 Å². The maximum absolute atomic E-state index is 3.54. The largest absolute Gasteiger partial charge is 0.314 e. The predicted octanol–water partition coefficient (Wildman–Crippen LogP) is 4.42. The van der Waals surface area contributed by atoms with Crippen LogP contribution in [0.2, 0.25) is 0 Å². The third kappa shape index (κ3) is 5.46. The summed E-state index contributed by atoms with van der Waals surface area (Å²) in [6, 6.07) is 19.7. The Morgan fingerprint density at radius 1 is 0.962 bits per heavy atom. The molecule has 136 valence electrons. The van der Waals surface area contributed by atoms with E-state index in [2.05, 4.69) is 83.6 Å². The highest BCUT2D eigenvalue weighted by atomic mass is 15.2. The Kier molecular flexibility index (Phi) is 7.31. The summed E-state index contributed by atoms with van der Waals surface area (Å²) in [5, 5.41) is 3.43. The van der Waals surface area contributed by atoms with E-state index in [1.54, 1.807) is 0 Å². The van der Waals surface area contributed by atoms with Crippen LogP contribution in [0.5, 0.6) is 0 Å². The first-order valence-electron chi connectivity index (χ1n) is 9.97. The van der Waals surface area contributed by atoms with Crippen LogP contribution in [0.15, 0.2) is 54.6 Å². The molecular formula is C24H30N2. The molecule has 2 heteroatoms. The van der Waals surface area contributed by atoms with E-state index in [1.165, 1.54) is 36.8 Å². The van der Waals surface area contributed by atoms with Gasteiger partial charge in [0.1, 0.15) is 0 Å². The molecule has 1 unspecified atom stereocenters. The summed E-state index contributed by atoms with van der Waals surface area (Å²) in [5.74, 6) is 6.96. The zero-order chi connectivity index (χ0) is 18.0. The van der Waals surface area contributed by atoms with Gasteiger partial charge < -0.3 is 5.32 Å². The molecule has 3 rings (SSSR count). The molecule has 1 N–H and O–H groups in total. The summed E-state index contributed by atoms with van der Waals surface area (Å²) in [4.78, 5) is 2.48. The molecule has 0 aliphatic carbocycles. The minimum absolute atomic E-state index is 0.169. The molecule has 1 atom stereocenters. The number of benzene rings is 2. The van der Waals surface area contributed by atoms with E-state index in [-0.39, 0.29) is 6.04 Å². The number of aryl methyl sites for hydroxylation is 1. The number of unbranched alkanes of at least 4 members (excludes halogenated alkanes) is 2. The monoisotopic (exact) mass is 346 g/mol. The smallest absolute Gasteiger partial charge is 0.0975 e. The van der Waals surface area contributed by atoms with Crippen LogP contribution >= 0.6 is 0 Å². The molecule has 26 heavy (non-hydrogen) atoms. The van der Waals surface area contributed by atoms with Gasteiger partial charge in [-0.2, -0.15) is 0 Å². The SMILES string of the molecule is CCCCCc1ccc(C#CC(c2ccccc2)N2CCNCC2)cc1. The van der Waals surface area contributed by atoms with Gasteiger partial charge in [-0.3, -0.25) is 4.90 Å². The second-order valence-corrected chi connectivity index (χ2v) is 7.02. The first-order valence-corrected chi connectivity index (χ1v) is 9.97. The van der Waals surface area contributed by atoms with Gasteiger partial charge in [-0.05, 0) is 36.1 Å². The van der Waals surface area contributed by atoms with Gasteiger partial charge >= 0.3 is 0 Å². The van der Waals surface area contributed by atoms with Crippen LogP contribution in [0, 0.1) is 11.8 Å². The van der Waals surface area contributed by atoms with Crippen molar-refractivity contribution >= 4 is 0 Å². The van der Waals surface area contributed by atoms with Crippen molar-refractivity contribution in [3.63, 3.8) is 0 Å². The zero-order valence-electron chi connectivity index (χ0n) is 15.9. The van der Waals surface area contributed by atoms with Gasteiger partial charge in [0.2, 0.25) is 0 Å². The maximum Gasteiger partial charge on any atom is 0.0975 e. The second kappa shape index (κ2) is 10.2. The summed E-state index contributed by atoms with van der Waals surface area (Å²) in [7, 11) is 0. The summed E-state index contributed by atoms with van der Waals surface area (Å²) >= 11 is 0. The number of hydrogen-bond acceptors (Lipinski definition) is 2. The normalized spacial score (nSPS) is 15.9. The number of piperazine rings is 1. The lowest BCUT2D eigenvalue weighted by molar-refractivity contribution is 0.209. The summed E-state index contributed by atoms with van der Waals surface area (Å²) in [5.41, 5.74) is 3.82. The average molecular weight is 347 g/mol.